The van der Waals surface area contributed by atoms with Gasteiger partial charge in [-0.1, -0.05) is 19.1 Å². The summed E-state index contributed by atoms with van der Waals surface area (Å²) in [5.74, 6) is 1.32. The zero-order chi connectivity index (χ0) is 15.3. The van der Waals surface area contributed by atoms with Crippen molar-refractivity contribution in [1.82, 2.24) is 5.32 Å². The fourth-order valence-electron chi connectivity index (χ4n) is 2.49. The summed E-state index contributed by atoms with van der Waals surface area (Å²) in [7, 11) is 0. The molecule has 6 heteroatoms. The summed E-state index contributed by atoms with van der Waals surface area (Å²) in [6, 6.07) is 5.39. The van der Waals surface area contributed by atoms with E-state index in [4.69, 9.17) is 9.47 Å². The van der Waals surface area contributed by atoms with Gasteiger partial charge in [0.1, 0.15) is 13.2 Å². The fourth-order valence-corrected chi connectivity index (χ4v) is 2.49. The van der Waals surface area contributed by atoms with E-state index >= 15 is 0 Å². The lowest BCUT2D eigenvalue weighted by Crippen LogP contribution is -2.24. The van der Waals surface area contributed by atoms with Gasteiger partial charge in [0.15, 0.2) is 11.5 Å². The van der Waals surface area contributed by atoms with Crippen LogP contribution in [-0.4, -0.2) is 25.9 Å². The van der Waals surface area contributed by atoms with E-state index in [9.17, 15) is 13.2 Å². The Morgan fingerprint density at radius 3 is 2.71 bits per heavy atom. The largest absolute Gasteiger partial charge is 0.486 e. The molecule has 21 heavy (non-hydrogen) atoms. The van der Waals surface area contributed by atoms with E-state index < -0.39 is 12.6 Å². The molecule has 0 bridgehead atoms. The average Bonchev–Trinajstić information content (AvgIpc) is 2.44. The van der Waals surface area contributed by atoms with Gasteiger partial charge >= 0.3 is 6.18 Å². The van der Waals surface area contributed by atoms with Crippen LogP contribution in [0.4, 0.5) is 13.2 Å². The Hall–Kier alpha value is -1.43. The van der Waals surface area contributed by atoms with Crippen molar-refractivity contribution in [3.8, 4) is 11.5 Å². The van der Waals surface area contributed by atoms with Crippen molar-refractivity contribution in [2.24, 2.45) is 0 Å². The highest BCUT2D eigenvalue weighted by atomic mass is 19.4. The monoisotopic (exact) mass is 303 g/mol. The van der Waals surface area contributed by atoms with E-state index in [0.29, 0.717) is 37.7 Å². The molecule has 0 aromatic heterocycles. The van der Waals surface area contributed by atoms with E-state index in [2.05, 4.69) is 5.32 Å². The molecule has 0 saturated heterocycles. The number of nitrogens with one attached hydrogen (secondary N) is 1. The molecule has 118 valence electrons. The van der Waals surface area contributed by atoms with Gasteiger partial charge in [0.2, 0.25) is 0 Å². The second-order valence-electron chi connectivity index (χ2n) is 4.99. The van der Waals surface area contributed by atoms with Crippen molar-refractivity contribution in [1.29, 1.82) is 0 Å². The summed E-state index contributed by atoms with van der Waals surface area (Å²) in [4.78, 5) is 0. The van der Waals surface area contributed by atoms with Gasteiger partial charge in [0.25, 0.3) is 0 Å². The van der Waals surface area contributed by atoms with E-state index in [-0.39, 0.29) is 12.5 Å². The number of ether oxygens (including phenoxy) is 2. The first-order valence-corrected chi connectivity index (χ1v) is 7.20. The normalized spacial score (nSPS) is 15.8. The highest BCUT2D eigenvalue weighted by Crippen LogP contribution is 2.38. The van der Waals surface area contributed by atoms with Crippen LogP contribution in [0, 0.1) is 0 Å². The highest BCUT2D eigenvalue weighted by molar-refractivity contribution is 5.48. The van der Waals surface area contributed by atoms with Crippen molar-refractivity contribution >= 4 is 0 Å². The number of alkyl halides is 3. The van der Waals surface area contributed by atoms with Crippen LogP contribution in [0.1, 0.15) is 37.8 Å². The molecule has 1 heterocycles. The van der Waals surface area contributed by atoms with Crippen LogP contribution < -0.4 is 14.8 Å². The lowest BCUT2D eigenvalue weighted by molar-refractivity contribution is -0.135. The Morgan fingerprint density at radius 2 is 2.00 bits per heavy atom. The number of rotatable bonds is 6. The Balaban J connectivity index is 2.10. The molecule has 0 aliphatic carbocycles. The van der Waals surface area contributed by atoms with Gasteiger partial charge < -0.3 is 14.8 Å². The molecule has 0 saturated carbocycles. The van der Waals surface area contributed by atoms with Crippen molar-refractivity contribution in [2.75, 3.05) is 19.8 Å². The molecule has 0 amide bonds. The van der Waals surface area contributed by atoms with Gasteiger partial charge in [-0.3, -0.25) is 0 Å². The number of fused-ring (bicyclic) bond motifs is 1. The maximum atomic E-state index is 12.3. The number of para-hydroxylation sites is 1. The molecule has 2 rings (SSSR count). The minimum absolute atomic E-state index is 0.0890. The molecule has 1 aromatic rings. The van der Waals surface area contributed by atoms with E-state index in [0.717, 1.165) is 5.56 Å². The van der Waals surface area contributed by atoms with Crippen molar-refractivity contribution in [3.05, 3.63) is 23.8 Å². The molecule has 1 aliphatic rings. The standard InChI is InChI=1S/C15H20F3NO2/c1-2-19-12(6-4-8-15(16,17)18)11-5-3-7-13-14(11)21-10-9-20-13/h3,5,7,12,19H,2,4,6,8-10H2,1H3. The van der Waals surface area contributed by atoms with Gasteiger partial charge in [0.05, 0.1) is 0 Å². The topological polar surface area (TPSA) is 30.5 Å². The van der Waals surface area contributed by atoms with E-state index in [1.54, 1.807) is 0 Å². The molecule has 1 N–H and O–H groups in total. The number of hydrogen-bond acceptors (Lipinski definition) is 3. The molecule has 1 atom stereocenters. The third kappa shape index (κ3) is 4.52. The second kappa shape index (κ2) is 7.02. The molecular formula is C15H20F3NO2. The molecule has 0 spiro atoms. The van der Waals surface area contributed by atoms with Crippen LogP contribution in [0.15, 0.2) is 18.2 Å². The second-order valence-corrected chi connectivity index (χ2v) is 4.99. The molecule has 0 fully saturated rings. The SMILES string of the molecule is CCNC(CCCC(F)(F)F)c1cccc2c1OCCO2. The van der Waals surface area contributed by atoms with E-state index in [1.807, 2.05) is 25.1 Å². The van der Waals surface area contributed by atoms with Crippen molar-refractivity contribution < 1.29 is 22.6 Å². The summed E-state index contributed by atoms with van der Waals surface area (Å²) in [5.41, 5.74) is 0.872. The first-order chi connectivity index (χ1) is 10.0. The first kappa shape index (κ1) is 15.9. The molecule has 1 aliphatic heterocycles. The number of benzene rings is 1. The lowest BCUT2D eigenvalue weighted by Gasteiger charge is -2.26. The third-order valence-corrected chi connectivity index (χ3v) is 3.38. The van der Waals surface area contributed by atoms with Crippen LogP contribution in [0.3, 0.4) is 0 Å². The van der Waals surface area contributed by atoms with Crippen LogP contribution in [0.5, 0.6) is 11.5 Å². The van der Waals surface area contributed by atoms with Gasteiger partial charge in [-0.25, -0.2) is 0 Å². The molecule has 1 aromatic carbocycles. The lowest BCUT2D eigenvalue weighted by atomic mass is 9.99. The summed E-state index contributed by atoms with van der Waals surface area (Å²) in [6.45, 7) is 3.58. The average molecular weight is 303 g/mol. The summed E-state index contributed by atoms with van der Waals surface area (Å²) >= 11 is 0. The zero-order valence-corrected chi connectivity index (χ0v) is 12.0. The summed E-state index contributed by atoms with van der Waals surface area (Å²) in [5, 5.41) is 3.23. The molecular weight excluding hydrogens is 283 g/mol. The quantitative estimate of drug-likeness (QED) is 0.866. The predicted molar refractivity (Wildman–Crippen MR) is 73.8 cm³/mol. The van der Waals surface area contributed by atoms with Crippen molar-refractivity contribution in [2.45, 2.75) is 38.4 Å². The summed E-state index contributed by atoms with van der Waals surface area (Å²) < 4.78 is 48.1. The molecule has 3 nitrogen and oxygen atoms in total. The molecule has 0 radical (unpaired) electrons. The molecule has 1 unspecified atom stereocenters. The van der Waals surface area contributed by atoms with Gasteiger partial charge in [-0.2, -0.15) is 13.2 Å². The number of hydrogen-bond donors (Lipinski definition) is 1. The van der Waals surface area contributed by atoms with Gasteiger partial charge in [0, 0.05) is 18.0 Å². The van der Waals surface area contributed by atoms with Crippen LogP contribution in [0.25, 0.3) is 0 Å². The minimum Gasteiger partial charge on any atom is -0.486 e. The predicted octanol–water partition coefficient (Wildman–Crippen LogP) is 3.84. The Kier molecular flexibility index (Phi) is 5.33. The van der Waals surface area contributed by atoms with E-state index in [1.165, 1.54) is 0 Å². The van der Waals surface area contributed by atoms with Gasteiger partial charge in [-0.05, 0) is 25.5 Å². The number of halogens is 3. The minimum atomic E-state index is -4.10. The zero-order valence-electron chi connectivity index (χ0n) is 12.0. The van der Waals surface area contributed by atoms with Crippen LogP contribution in [0.2, 0.25) is 0 Å². The van der Waals surface area contributed by atoms with Crippen LogP contribution in [-0.2, 0) is 0 Å². The van der Waals surface area contributed by atoms with Gasteiger partial charge in [-0.15, -0.1) is 0 Å². The Labute approximate surface area is 122 Å². The Bertz CT molecular complexity index is 463. The fraction of sp³-hybridized carbons (Fsp3) is 0.600. The maximum absolute atomic E-state index is 12.3. The Morgan fingerprint density at radius 1 is 1.24 bits per heavy atom. The highest BCUT2D eigenvalue weighted by Gasteiger charge is 2.28. The maximum Gasteiger partial charge on any atom is 0.389 e. The third-order valence-electron chi connectivity index (χ3n) is 3.38. The smallest absolute Gasteiger partial charge is 0.389 e. The first-order valence-electron chi connectivity index (χ1n) is 7.20. The van der Waals surface area contributed by atoms with Crippen LogP contribution >= 0.6 is 0 Å². The van der Waals surface area contributed by atoms with Crippen molar-refractivity contribution in [3.63, 3.8) is 0 Å². The summed E-state index contributed by atoms with van der Waals surface area (Å²) in [6.07, 6.45) is -4.37.